The number of amides is 1. The highest BCUT2D eigenvalue weighted by Gasteiger charge is 2.21. The normalized spacial score (nSPS) is 12.7. The molecule has 0 saturated heterocycles. The number of hydrogen-bond donors (Lipinski definition) is 2. The second kappa shape index (κ2) is 5.44. The lowest BCUT2D eigenvalue weighted by Gasteiger charge is -2.14. The molecule has 0 fully saturated rings. The van der Waals surface area contributed by atoms with E-state index in [1.807, 2.05) is 6.92 Å². The van der Waals surface area contributed by atoms with E-state index in [-0.39, 0.29) is 5.69 Å². The molecule has 0 aliphatic rings. The fourth-order valence-corrected chi connectivity index (χ4v) is 1.99. The third kappa shape index (κ3) is 2.71. The summed E-state index contributed by atoms with van der Waals surface area (Å²) in [6.45, 7) is 2.36. The number of imidazole rings is 1. The summed E-state index contributed by atoms with van der Waals surface area (Å²) in [7, 11) is 0. The van der Waals surface area contributed by atoms with Gasteiger partial charge in [-0.3, -0.25) is 9.36 Å². The molecule has 1 amide bonds. The molecule has 0 bridgehead atoms. The highest BCUT2D eigenvalue weighted by molar-refractivity contribution is 5.93. The molecule has 0 saturated carbocycles. The van der Waals surface area contributed by atoms with Gasteiger partial charge in [0.25, 0.3) is 5.91 Å². The van der Waals surface area contributed by atoms with Gasteiger partial charge in [0.1, 0.15) is 11.5 Å². The number of aryl methyl sites for hydroxylation is 2. The van der Waals surface area contributed by atoms with Crippen molar-refractivity contribution in [3.05, 3.63) is 41.2 Å². The smallest absolute Gasteiger partial charge is 0.319 e. The first-order valence-electron chi connectivity index (χ1n) is 6.18. The van der Waals surface area contributed by atoms with Crippen LogP contribution in [0.2, 0.25) is 0 Å². The molecule has 7 heteroatoms. The number of nitrogens with zero attached hydrogens (tertiary/aromatic N) is 2. The van der Waals surface area contributed by atoms with Crippen LogP contribution in [0.3, 0.4) is 0 Å². The van der Waals surface area contributed by atoms with Crippen molar-refractivity contribution in [2.45, 2.75) is 33.4 Å². The molecule has 2 aromatic heterocycles. The standard InChI is InChI=1S/C13H16F2N4O/c1-7-6-16-11(17-7)9(3)18-12(20)10-5-4-8(2)19(10)13(14)15/h4-6,9,13H,1-3H3,(H,16,17)(H,18,20). The van der Waals surface area contributed by atoms with E-state index in [4.69, 9.17) is 0 Å². The maximum atomic E-state index is 12.9. The summed E-state index contributed by atoms with van der Waals surface area (Å²) in [4.78, 5) is 19.2. The van der Waals surface area contributed by atoms with Crippen LogP contribution in [0.4, 0.5) is 8.78 Å². The highest BCUT2D eigenvalue weighted by atomic mass is 19.3. The van der Waals surface area contributed by atoms with E-state index in [0.29, 0.717) is 16.1 Å². The molecule has 2 aromatic rings. The lowest BCUT2D eigenvalue weighted by atomic mass is 10.3. The van der Waals surface area contributed by atoms with Crippen LogP contribution in [-0.4, -0.2) is 20.4 Å². The molecule has 20 heavy (non-hydrogen) atoms. The van der Waals surface area contributed by atoms with Crippen LogP contribution < -0.4 is 5.32 Å². The first kappa shape index (κ1) is 14.2. The Bertz CT molecular complexity index is 618. The van der Waals surface area contributed by atoms with E-state index < -0.39 is 18.5 Å². The molecule has 2 heterocycles. The van der Waals surface area contributed by atoms with Crippen molar-refractivity contribution < 1.29 is 13.6 Å². The van der Waals surface area contributed by atoms with Crippen LogP contribution in [0, 0.1) is 13.8 Å². The molecule has 108 valence electrons. The molecule has 0 aromatic carbocycles. The van der Waals surface area contributed by atoms with Crippen molar-refractivity contribution in [3.8, 4) is 0 Å². The third-order valence-electron chi connectivity index (χ3n) is 3.03. The number of alkyl halides is 2. The highest BCUT2D eigenvalue weighted by Crippen LogP contribution is 2.19. The summed E-state index contributed by atoms with van der Waals surface area (Å²) in [5, 5.41) is 2.65. The molecule has 0 spiro atoms. The fourth-order valence-electron chi connectivity index (χ4n) is 1.99. The average Bonchev–Trinajstić information content (AvgIpc) is 2.95. The Morgan fingerprint density at radius 2 is 2.10 bits per heavy atom. The lowest BCUT2D eigenvalue weighted by Crippen LogP contribution is -2.29. The summed E-state index contributed by atoms with van der Waals surface area (Å²) in [6, 6.07) is 2.48. The van der Waals surface area contributed by atoms with E-state index >= 15 is 0 Å². The monoisotopic (exact) mass is 282 g/mol. The Morgan fingerprint density at radius 3 is 2.65 bits per heavy atom. The first-order valence-corrected chi connectivity index (χ1v) is 6.18. The quantitative estimate of drug-likeness (QED) is 0.905. The molecule has 2 N–H and O–H groups in total. The van der Waals surface area contributed by atoms with Gasteiger partial charge in [0.15, 0.2) is 0 Å². The van der Waals surface area contributed by atoms with Crippen LogP contribution in [0.1, 0.15) is 47.2 Å². The van der Waals surface area contributed by atoms with Gasteiger partial charge >= 0.3 is 6.55 Å². The van der Waals surface area contributed by atoms with E-state index in [2.05, 4.69) is 15.3 Å². The largest absolute Gasteiger partial charge is 0.344 e. The third-order valence-corrected chi connectivity index (χ3v) is 3.03. The molecule has 1 atom stereocenters. The molecular formula is C13H16F2N4O. The van der Waals surface area contributed by atoms with Crippen molar-refractivity contribution in [1.82, 2.24) is 19.9 Å². The SMILES string of the molecule is Cc1cnc(C(C)NC(=O)c2ccc(C)n2C(F)F)[nH]1. The number of nitrogens with one attached hydrogen (secondary N) is 2. The van der Waals surface area contributed by atoms with E-state index in [0.717, 1.165) is 5.69 Å². The lowest BCUT2D eigenvalue weighted by molar-refractivity contribution is 0.0614. The van der Waals surface area contributed by atoms with E-state index in [1.54, 1.807) is 13.1 Å². The molecule has 0 aliphatic carbocycles. The number of carbonyl (C=O) groups is 1. The Hall–Kier alpha value is -2.18. The zero-order valence-electron chi connectivity index (χ0n) is 11.4. The number of aromatic amines is 1. The maximum Gasteiger partial charge on any atom is 0.319 e. The average molecular weight is 282 g/mol. The van der Waals surface area contributed by atoms with Gasteiger partial charge in [-0.25, -0.2) is 4.98 Å². The van der Waals surface area contributed by atoms with Gasteiger partial charge < -0.3 is 10.3 Å². The first-order chi connectivity index (χ1) is 9.40. The van der Waals surface area contributed by atoms with Crippen LogP contribution in [-0.2, 0) is 0 Å². The van der Waals surface area contributed by atoms with Crippen LogP contribution in [0.15, 0.2) is 18.3 Å². The van der Waals surface area contributed by atoms with E-state index in [1.165, 1.54) is 19.1 Å². The van der Waals surface area contributed by atoms with Gasteiger partial charge in [0.05, 0.1) is 6.04 Å². The minimum absolute atomic E-state index is 0.0624. The molecular weight excluding hydrogens is 266 g/mol. The summed E-state index contributed by atoms with van der Waals surface area (Å²) in [5.74, 6) is 0.0303. The van der Waals surface area contributed by atoms with Crippen LogP contribution in [0.5, 0.6) is 0 Å². The topological polar surface area (TPSA) is 62.7 Å². The molecule has 5 nitrogen and oxygen atoms in total. The number of hydrogen-bond acceptors (Lipinski definition) is 2. The van der Waals surface area contributed by atoms with Crippen molar-refractivity contribution in [2.75, 3.05) is 0 Å². The molecule has 0 radical (unpaired) electrons. The number of carbonyl (C=O) groups excluding carboxylic acids is 1. The van der Waals surface area contributed by atoms with Gasteiger partial charge in [-0.2, -0.15) is 8.78 Å². The van der Waals surface area contributed by atoms with Crippen LogP contribution >= 0.6 is 0 Å². The maximum absolute atomic E-state index is 12.9. The predicted molar refractivity (Wildman–Crippen MR) is 69.6 cm³/mol. The van der Waals surface area contributed by atoms with Gasteiger partial charge in [-0.05, 0) is 32.9 Å². The summed E-state index contributed by atoms with van der Waals surface area (Å²) >= 11 is 0. The fraction of sp³-hybridized carbons (Fsp3) is 0.385. The minimum Gasteiger partial charge on any atom is -0.344 e. The number of halogens is 2. The second-order valence-corrected chi connectivity index (χ2v) is 4.65. The second-order valence-electron chi connectivity index (χ2n) is 4.65. The Balaban J connectivity index is 2.16. The van der Waals surface area contributed by atoms with Crippen molar-refractivity contribution in [2.24, 2.45) is 0 Å². The van der Waals surface area contributed by atoms with Crippen molar-refractivity contribution in [1.29, 1.82) is 0 Å². The Morgan fingerprint density at radius 1 is 1.40 bits per heavy atom. The molecule has 0 aliphatic heterocycles. The number of H-pyrrole nitrogens is 1. The predicted octanol–water partition coefficient (Wildman–Crippen LogP) is 2.71. The van der Waals surface area contributed by atoms with Gasteiger partial charge in [-0.1, -0.05) is 0 Å². The van der Waals surface area contributed by atoms with Gasteiger partial charge in [0.2, 0.25) is 0 Å². The zero-order chi connectivity index (χ0) is 14.9. The van der Waals surface area contributed by atoms with E-state index in [9.17, 15) is 13.6 Å². The summed E-state index contributed by atoms with van der Waals surface area (Å²) in [5.41, 5.74) is 1.15. The van der Waals surface area contributed by atoms with Gasteiger partial charge in [-0.15, -0.1) is 0 Å². The van der Waals surface area contributed by atoms with Crippen molar-refractivity contribution >= 4 is 5.91 Å². The number of rotatable bonds is 4. The zero-order valence-corrected chi connectivity index (χ0v) is 11.4. The Labute approximate surface area is 115 Å². The summed E-state index contributed by atoms with van der Waals surface area (Å²) < 4.78 is 26.5. The number of aromatic nitrogens is 3. The van der Waals surface area contributed by atoms with Crippen molar-refractivity contribution in [3.63, 3.8) is 0 Å². The van der Waals surface area contributed by atoms with Crippen LogP contribution in [0.25, 0.3) is 0 Å². The molecule has 2 rings (SSSR count). The minimum atomic E-state index is -2.74. The Kier molecular flexibility index (Phi) is 3.87. The summed E-state index contributed by atoms with van der Waals surface area (Å²) in [6.07, 6.45) is 1.64. The van der Waals surface area contributed by atoms with Gasteiger partial charge in [0, 0.05) is 17.6 Å². The molecule has 1 unspecified atom stereocenters.